The first-order valence-corrected chi connectivity index (χ1v) is 4.73. The molecular weight excluding hydrogens is 220 g/mol. The van der Waals surface area contributed by atoms with Gasteiger partial charge in [0.05, 0.1) is 6.61 Å². The number of carbonyl (C=O) groups excluding carboxylic acids is 1. The summed E-state index contributed by atoms with van der Waals surface area (Å²) in [5.74, 6) is -0.573. The second kappa shape index (κ2) is 4.62. The van der Waals surface area contributed by atoms with Crippen LogP contribution in [0.5, 0.6) is 0 Å². The van der Waals surface area contributed by atoms with E-state index < -0.39 is 42.7 Å². The van der Waals surface area contributed by atoms with Crippen LogP contribution in [0.2, 0.25) is 0 Å². The van der Waals surface area contributed by atoms with Gasteiger partial charge in [-0.15, -0.1) is 0 Å². The third-order valence-electron chi connectivity index (χ3n) is 2.56. The fraction of sp³-hybridized carbons (Fsp3) is 0.875. The summed E-state index contributed by atoms with van der Waals surface area (Å²) in [6, 6.07) is 0. The maximum absolute atomic E-state index is 10.9. The van der Waals surface area contributed by atoms with Crippen LogP contribution in [0.4, 0.5) is 0 Å². The monoisotopic (exact) mass is 236 g/mol. The highest BCUT2D eigenvalue weighted by molar-refractivity contribution is 5.74. The minimum Gasteiger partial charge on any atom is -0.392 e. The molecule has 0 radical (unpaired) electrons. The average Bonchev–Trinajstić information content (AvgIpc) is 2.22. The molecule has 0 aromatic carbocycles. The van der Waals surface area contributed by atoms with Gasteiger partial charge in [0.1, 0.15) is 30.2 Å². The largest absolute Gasteiger partial charge is 0.392 e. The molecular formula is C8H16N2O6. The number of hydrogen-bond acceptors (Lipinski definition) is 7. The summed E-state index contributed by atoms with van der Waals surface area (Å²) in [7, 11) is 0. The topological polar surface area (TPSA) is 142 Å². The predicted octanol–water partition coefficient (Wildman–Crippen LogP) is -4.18. The molecule has 1 unspecified atom stereocenters. The first-order chi connectivity index (χ1) is 7.34. The number of piperidine rings is 1. The van der Waals surface area contributed by atoms with Crippen LogP contribution < -0.4 is 10.6 Å². The van der Waals surface area contributed by atoms with Crippen molar-refractivity contribution in [3.63, 3.8) is 0 Å². The van der Waals surface area contributed by atoms with E-state index in [1.165, 1.54) is 0 Å². The van der Waals surface area contributed by atoms with Gasteiger partial charge >= 0.3 is 0 Å². The Balaban J connectivity index is 2.95. The molecule has 1 amide bonds. The molecule has 8 nitrogen and oxygen atoms in total. The molecule has 0 aromatic rings. The first-order valence-electron chi connectivity index (χ1n) is 4.73. The van der Waals surface area contributed by atoms with Crippen LogP contribution in [0, 0.1) is 0 Å². The van der Waals surface area contributed by atoms with Crippen molar-refractivity contribution < 1.29 is 30.3 Å². The van der Waals surface area contributed by atoms with Gasteiger partial charge in [-0.1, -0.05) is 0 Å². The molecule has 0 saturated carbocycles. The lowest BCUT2D eigenvalue weighted by Crippen LogP contribution is -2.79. The molecule has 0 aromatic heterocycles. The molecule has 7 N–H and O–H groups in total. The Bertz CT molecular complexity index is 275. The van der Waals surface area contributed by atoms with E-state index in [-0.39, 0.29) is 0 Å². The van der Waals surface area contributed by atoms with Crippen LogP contribution >= 0.6 is 0 Å². The van der Waals surface area contributed by atoms with E-state index in [1.807, 2.05) is 0 Å². The molecule has 1 saturated heterocycles. The zero-order valence-electron chi connectivity index (χ0n) is 8.66. The van der Waals surface area contributed by atoms with Crippen molar-refractivity contribution in [1.29, 1.82) is 0 Å². The lowest BCUT2D eigenvalue weighted by molar-refractivity contribution is -0.196. The molecule has 0 spiro atoms. The number of hydrogen-bond donors (Lipinski definition) is 7. The summed E-state index contributed by atoms with van der Waals surface area (Å²) in [5.41, 5.74) is -1.77. The van der Waals surface area contributed by atoms with Gasteiger partial charge in [-0.05, 0) is 0 Å². The molecule has 0 aliphatic carbocycles. The summed E-state index contributed by atoms with van der Waals surface area (Å²) in [4.78, 5) is 10.9. The Kier molecular flexibility index (Phi) is 3.84. The number of aliphatic hydroxyl groups is 5. The molecule has 1 rings (SSSR count). The van der Waals surface area contributed by atoms with Crippen molar-refractivity contribution >= 4 is 5.91 Å². The van der Waals surface area contributed by atoms with Gasteiger partial charge in [-0.3, -0.25) is 10.1 Å². The molecule has 16 heavy (non-hydrogen) atoms. The molecule has 1 aliphatic heterocycles. The quantitative estimate of drug-likeness (QED) is 0.258. The summed E-state index contributed by atoms with van der Waals surface area (Å²) in [6.07, 6.45) is -6.52. The molecule has 1 heterocycles. The Labute approximate surface area is 91.5 Å². The molecule has 5 atom stereocenters. The van der Waals surface area contributed by atoms with E-state index >= 15 is 0 Å². The van der Waals surface area contributed by atoms with Gasteiger partial charge in [-0.2, -0.15) is 0 Å². The van der Waals surface area contributed by atoms with Crippen molar-refractivity contribution in [2.75, 3.05) is 6.61 Å². The lowest BCUT2D eigenvalue weighted by Gasteiger charge is -2.47. The zero-order chi connectivity index (χ0) is 12.5. The number of carbonyl (C=O) groups is 1. The van der Waals surface area contributed by atoms with Crippen LogP contribution in [-0.2, 0) is 4.79 Å². The normalized spacial score (nSPS) is 44.1. The second-order valence-corrected chi connectivity index (χ2v) is 3.83. The minimum atomic E-state index is -1.77. The fourth-order valence-corrected chi connectivity index (χ4v) is 1.70. The summed E-state index contributed by atoms with van der Waals surface area (Å²) < 4.78 is 0. The third-order valence-corrected chi connectivity index (χ3v) is 2.56. The van der Waals surface area contributed by atoms with E-state index in [9.17, 15) is 25.2 Å². The molecule has 8 heteroatoms. The fourth-order valence-electron chi connectivity index (χ4n) is 1.70. The highest BCUT2D eigenvalue weighted by Crippen LogP contribution is 2.21. The average molecular weight is 236 g/mol. The van der Waals surface area contributed by atoms with E-state index in [0.29, 0.717) is 0 Å². The Hall–Kier alpha value is -0.770. The van der Waals surface area contributed by atoms with Gasteiger partial charge < -0.3 is 30.8 Å². The number of rotatable bonds is 2. The Morgan fingerprint density at radius 3 is 2.31 bits per heavy atom. The van der Waals surface area contributed by atoms with Crippen molar-refractivity contribution in [2.24, 2.45) is 0 Å². The van der Waals surface area contributed by atoms with Crippen molar-refractivity contribution in [3.8, 4) is 0 Å². The van der Waals surface area contributed by atoms with Gasteiger partial charge in [0.15, 0.2) is 0 Å². The van der Waals surface area contributed by atoms with Gasteiger partial charge in [-0.25, -0.2) is 0 Å². The van der Waals surface area contributed by atoms with Crippen molar-refractivity contribution in [3.05, 3.63) is 0 Å². The molecule has 0 bridgehead atoms. The summed E-state index contributed by atoms with van der Waals surface area (Å²) in [5, 5.41) is 51.3. The highest BCUT2D eigenvalue weighted by atomic mass is 16.4. The second-order valence-electron chi connectivity index (χ2n) is 3.83. The van der Waals surface area contributed by atoms with Crippen molar-refractivity contribution in [1.82, 2.24) is 10.6 Å². The standard InChI is InChI=1S/C8H16N2O6/c1-3(12)9-8(2-11)6(15)4(13)5(14)7(16)10-8/h4-7,10-11,13-16H,2H2,1H3,(H,9,12)/t4-,5-,6+,7?,8-/m1/s1. The molecule has 1 fully saturated rings. The highest BCUT2D eigenvalue weighted by Gasteiger charge is 2.52. The van der Waals surface area contributed by atoms with Crippen LogP contribution in [0.1, 0.15) is 6.92 Å². The predicted molar refractivity (Wildman–Crippen MR) is 50.8 cm³/mol. The lowest BCUT2D eigenvalue weighted by atomic mass is 9.89. The summed E-state index contributed by atoms with van der Waals surface area (Å²) >= 11 is 0. The van der Waals surface area contributed by atoms with Gasteiger partial charge in [0.25, 0.3) is 0 Å². The third kappa shape index (κ3) is 2.17. The van der Waals surface area contributed by atoms with Crippen LogP contribution in [0.25, 0.3) is 0 Å². The van der Waals surface area contributed by atoms with Crippen LogP contribution in [0.15, 0.2) is 0 Å². The Morgan fingerprint density at radius 2 is 1.88 bits per heavy atom. The maximum Gasteiger partial charge on any atom is 0.218 e. The number of nitrogens with one attached hydrogen (secondary N) is 2. The van der Waals surface area contributed by atoms with Gasteiger partial charge in [0, 0.05) is 6.92 Å². The minimum absolute atomic E-state index is 0.573. The first kappa shape index (κ1) is 13.3. The number of amides is 1. The number of aliphatic hydroxyl groups excluding tert-OH is 5. The van der Waals surface area contributed by atoms with E-state index in [4.69, 9.17) is 5.11 Å². The van der Waals surface area contributed by atoms with E-state index in [0.717, 1.165) is 6.92 Å². The zero-order valence-corrected chi connectivity index (χ0v) is 8.66. The Morgan fingerprint density at radius 1 is 1.31 bits per heavy atom. The SMILES string of the molecule is CC(=O)N[C@]1(CO)NC(O)[C@H](O)[C@@H](O)[C@@H]1O. The molecule has 1 aliphatic rings. The van der Waals surface area contributed by atoms with Crippen LogP contribution in [0.3, 0.4) is 0 Å². The van der Waals surface area contributed by atoms with Gasteiger partial charge in [0.2, 0.25) is 5.91 Å². The van der Waals surface area contributed by atoms with Crippen molar-refractivity contribution in [2.45, 2.75) is 37.1 Å². The summed E-state index contributed by atoms with van der Waals surface area (Å²) in [6.45, 7) is 0.393. The molecule has 94 valence electrons. The smallest absolute Gasteiger partial charge is 0.218 e. The van der Waals surface area contributed by atoms with E-state index in [1.54, 1.807) is 0 Å². The van der Waals surface area contributed by atoms with Crippen LogP contribution in [-0.4, -0.2) is 68.2 Å². The van der Waals surface area contributed by atoms with E-state index in [2.05, 4.69) is 10.6 Å². The maximum atomic E-state index is 10.9.